The average Bonchev–Trinajstić information content (AvgIpc) is 3.45. The number of fused-ring (bicyclic) bond motifs is 1. The van der Waals surface area contributed by atoms with Crippen molar-refractivity contribution in [2.75, 3.05) is 22.6 Å². The number of hydrogen-bond donors (Lipinski definition) is 4. The number of alkyl halides is 3. The molecule has 0 radical (unpaired) electrons. The Bertz CT molecular complexity index is 1520. The summed E-state index contributed by atoms with van der Waals surface area (Å²) < 4.78 is 48.7. The largest absolute Gasteiger partial charge is 0.411 e. The molecular weight excluding hydrogens is 489 g/mol. The summed E-state index contributed by atoms with van der Waals surface area (Å²) in [5.41, 5.74) is 9.85. The molecule has 1 aliphatic heterocycles. The lowest BCUT2D eigenvalue weighted by molar-refractivity contribution is -0.171. The van der Waals surface area contributed by atoms with E-state index in [0.29, 0.717) is 22.3 Å². The number of aryl methyl sites for hydroxylation is 1. The lowest BCUT2D eigenvalue weighted by Crippen LogP contribution is -2.60. The smallest absolute Gasteiger partial charge is 0.380 e. The summed E-state index contributed by atoms with van der Waals surface area (Å²) in [6.45, 7) is 0.588. The lowest BCUT2D eigenvalue weighted by atomic mass is 9.94. The first kappa shape index (κ1) is 24.2. The monoisotopic (exact) mass is 512 g/mol. The highest BCUT2D eigenvalue weighted by Gasteiger charge is 2.54. The first-order chi connectivity index (χ1) is 17.5. The van der Waals surface area contributed by atoms with Crippen LogP contribution in [0.4, 0.5) is 30.4 Å². The number of hydrogen-bond acceptors (Lipinski definition) is 8. The summed E-state index contributed by atoms with van der Waals surface area (Å²) >= 11 is 0. The van der Waals surface area contributed by atoms with Crippen LogP contribution in [0.1, 0.15) is 6.92 Å². The maximum absolute atomic E-state index is 13.9. The Hall–Kier alpha value is -4.52. The number of rotatable bonds is 5. The third-order valence-corrected chi connectivity index (χ3v) is 6.26. The van der Waals surface area contributed by atoms with E-state index in [9.17, 15) is 18.0 Å². The number of nitrogens with zero attached hydrogens (tertiary/aromatic N) is 4. The molecule has 3 heterocycles. The summed E-state index contributed by atoms with van der Waals surface area (Å²) in [4.78, 5) is 19.2. The van der Waals surface area contributed by atoms with Crippen molar-refractivity contribution in [3.63, 3.8) is 0 Å². The van der Waals surface area contributed by atoms with Gasteiger partial charge in [-0.05, 0) is 49.4 Å². The molecule has 0 saturated heterocycles. The number of benzene rings is 2. The van der Waals surface area contributed by atoms with Gasteiger partial charge in [-0.25, -0.2) is 4.98 Å². The molecule has 37 heavy (non-hydrogen) atoms. The van der Waals surface area contributed by atoms with Gasteiger partial charge in [-0.2, -0.15) is 13.2 Å². The van der Waals surface area contributed by atoms with E-state index < -0.39 is 23.3 Å². The second-order valence-corrected chi connectivity index (χ2v) is 8.83. The number of amides is 1. The Labute approximate surface area is 208 Å². The molecular formula is C24H23F3N8O2. The van der Waals surface area contributed by atoms with Crippen molar-refractivity contribution in [3.8, 4) is 11.4 Å². The van der Waals surface area contributed by atoms with Gasteiger partial charge in [0.2, 0.25) is 0 Å². The summed E-state index contributed by atoms with van der Waals surface area (Å²) in [5.74, 6) is 0.138. The zero-order valence-corrected chi connectivity index (χ0v) is 19.8. The molecule has 0 aliphatic carbocycles. The number of nitrogen functional groups attached to an aromatic ring is 1. The summed E-state index contributed by atoms with van der Waals surface area (Å²) in [5, 5.41) is 9.64. The summed E-state index contributed by atoms with van der Waals surface area (Å²) in [6.07, 6.45) is -1.36. The van der Waals surface area contributed by atoms with Gasteiger partial charge in [0, 0.05) is 36.4 Å². The van der Waals surface area contributed by atoms with Gasteiger partial charge < -0.3 is 31.2 Å². The van der Waals surface area contributed by atoms with Crippen molar-refractivity contribution in [2.45, 2.75) is 18.6 Å². The molecule has 1 aliphatic rings. The van der Waals surface area contributed by atoms with Crippen LogP contribution < -0.4 is 27.0 Å². The third-order valence-electron chi connectivity index (χ3n) is 6.26. The molecule has 0 spiro atoms. The van der Waals surface area contributed by atoms with Gasteiger partial charge in [-0.3, -0.25) is 9.69 Å². The molecule has 1 unspecified atom stereocenters. The maximum Gasteiger partial charge on any atom is 0.411 e. The molecule has 0 fully saturated rings. The van der Waals surface area contributed by atoms with Crippen LogP contribution in [0.15, 0.2) is 70.8 Å². The fraction of sp³-hybridized carbons (Fsp3) is 0.208. The van der Waals surface area contributed by atoms with Crippen LogP contribution in [-0.2, 0) is 11.8 Å². The van der Waals surface area contributed by atoms with E-state index in [1.165, 1.54) is 17.0 Å². The molecule has 2 aromatic carbocycles. The number of aromatic nitrogens is 3. The quantitative estimate of drug-likeness (QED) is 0.319. The van der Waals surface area contributed by atoms with Crippen LogP contribution in [0.25, 0.3) is 22.4 Å². The van der Waals surface area contributed by atoms with Crippen molar-refractivity contribution in [1.82, 2.24) is 20.0 Å². The predicted octanol–water partition coefficient (Wildman–Crippen LogP) is 3.31. The molecule has 1 amide bonds. The van der Waals surface area contributed by atoms with E-state index in [4.69, 9.17) is 16.0 Å². The number of anilines is 3. The van der Waals surface area contributed by atoms with Crippen molar-refractivity contribution >= 4 is 34.1 Å². The number of nitrogens with one attached hydrogen (secondary N) is 2. The van der Waals surface area contributed by atoms with Gasteiger partial charge in [-0.15, -0.1) is 0 Å². The Morgan fingerprint density at radius 3 is 2.54 bits per heavy atom. The highest BCUT2D eigenvalue weighted by Crippen LogP contribution is 2.37. The van der Waals surface area contributed by atoms with Crippen LogP contribution in [0.2, 0.25) is 0 Å². The Morgan fingerprint density at radius 1 is 1.16 bits per heavy atom. The SMILES string of the molecule is Cn1ccnc1-c1ccc(N2CNC(C(C)(N)C(F)(F)F)=C(Nc3ccc4onc(N)c4c3)C2=O)cc1. The lowest BCUT2D eigenvalue weighted by Gasteiger charge is -2.39. The number of carbonyl (C=O) groups is 1. The minimum absolute atomic E-state index is 0.106. The van der Waals surface area contributed by atoms with E-state index in [1.807, 2.05) is 11.6 Å². The minimum atomic E-state index is -4.84. The Morgan fingerprint density at radius 2 is 1.89 bits per heavy atom. The molecule has 192 valence electrons. The van der Waals surface area contributed by atoms with Gasteiger partial charge in [-0.1, -0.05) is 5.16 Å². The molecule has 5 rings (SSSR count). The van der Waals surface area contributed by atoms with Crippen molar-refractivity contribution in [1.29, 1.82) is 0 Å². The molecule has 13 heteroatoms. The second kappa shape index (κ2) is 8.55. The maximum atomic E-state index is 13.9. The topological polar surface area (TPSA) is 140 Å². The van der Waals surface area contributed by atoms with Gasteiger partial charge in [0.15, 0.2) is 16.9 Å². The predicted molar refractivity (Wildman–Crippen MR) is 132 cm³/mol. The minimum Gasteiger partial charge on any atom is -0.380 e. The zero-order chi connectivity index (χ0) is 26.5. The van der Waals surface area contributed by atoms with Gasteiger partial charge in [0.25, 0.3) is 5.91 Å². The molecule has 0 saturated carbocycles. The van der Waals surface area contributed by atoms with Crippen LogP contribution >= 0.6 is 0 Å². The van der Waals surface area contributed by atoms with Crippen LogP contribution in [-0.4, -0.2) is 39.0 Å². The van der Waals surface area contributed by atoms with Crippen LogP contribution in [0.3, 0.4) is 0 Å². The third kappa shape index (κ3) is 4.12. The molecule has 0 bridgehead atoms. The zero-order valence-electron chi connectivity index (χ0n) is 19.8. The average molecular weight is 512 g/mol. The van der Waals surface area contributed by atoms with Gasteiger partial charge >= 0.3 is 6.18 Å². The van der Waals surface area contributed by atoms with E-state index in [2.05, 4.69) is 20.8 Å². The molecule has 2 aromatic heterocycles. The Kier molecular flexibility index (Phi) is 5.59. The number of imidazole rings is 1. The van der Waals surface area contributed by atoms with E-state index in [-0.39, 0.29) is 18.2 Å². The normalized spacial score (nSPS) is 16.2. The highest BCUT2D eigenvalue weighted by molar-refractivity contribution is 6.09. The molecule has 1 atom stereocenters. The fourth-order valence-electron chi connectivity index (χ4n) is 4.08. The van der Waals surface area contributed by atoms with Gasteiger partial charge in [0.05, 0.1) is 17.8 Å². The van der Waals surface area contributed by atoms with Crippen molar-refractivity contribution in [2.24, 2.45) is 12.8 Å². The number of carbonyl (C=O) groups excluding carboxylic acids is 1. The summed E-state index contributed by atoms with van der Waals surface area (Å²) in [6, 6.07) is 11.6. The second-order valence-electron chi connectivity index (χ2n) is 8.83. The molecule has 6 N–H and O–H groups in total. The first-order valence-corrected chi connectivity index (χ1v) is 11.1. The number of halogens is 3. The standard InChI is InChI=1S/C24H23F3N8O2/c1-23(29,24(25,26)27)19-18(32-14-5-8-17-16(11-14)20(28)33-37-17)22(36)35(12-31-19)15-6-3-13(4-7-15)21-30-9-10-34(21)2/h3-11,31-32H,12,29H2,1-2H3,(H2,28,33). The fourth-order valence-corrected chi connectivity index (χ4v) is 4.08. The van der Waals surface area contributed by atoms with Crippen LogP contribution in [0.5, 0.6) is 0 Å². The van der Waals surface area contributed by atoms with Gasteiger partial charge in [0.1, 0.15) is 11.5 Å². The Balaban J connectivity index is 1.53. The van der Waals surface area contributed by atoms with Crippen molar-refractivity contribution < 1.29 is 22.5 Å². The van der Waals surface area contributed by atoms with Crippen LogP contribution in [0, 0.1) is 0 Å². The first-order valence-electron chi connectivity index (χ1n) is 11.1. The van der Waals surface area contributed by atoms with E-state index in [1.54, 1.807) is 42.7 Å². The summed E-state index contributed by atoms with van der Waals surface area (Å²) in [7, 11) is 1.85. The van der Waals surface area contributed by atoms with Crippen molar-refractivity contribution in [3.05, 3.63) is 66.3 Å². The van der Waals surface area contributed by atoms with E-state index in [0.717, 1.165) is 18.3 Å². The number of nitrogens with two attached hydrogens (primary N) is 2. The highest BCUT2D eigenvalue weighted by atomic mass is 19.4. The molecule has 4 aromatic rings. The van der Waals surface area contributed by atoms with E-state index >= 15 is 0 Å². The molecule has 10 nitrogen and oxygen atoms in total.